The van der Waals surface area contributed by atoms with E-state index in [2.05, 4.69) is 0 Å². The molecule has 140 valence electrons. The minimum Gasteiger partial charge on any atom is -0.321 e. The maximum atomic E-state index is 11.0. The van der Waals surface area contributed by atoms with Crippen molar-refractivity contribution >= 4 is 20.2 Å². The molecule has 2 unspecified atom stereocenters. The van der Waals surface area contributed by atoms with Crippen molar-refractivity contribution in [3.05, 3.63) is 0 Å². The first-order chi connectivity index (χ1) is 11.0. The van der Waals surface area contributed by atoms with Gasteiger partial charge >= 0.3 is 0 Å². The SMILES string of the molecule is O=S(=O)(O)CC1C[N+]2(CC[N+]3(CC2)COC(CS(=O)(=O)O)C3)CO1. The van der Waals surface area contributed by atoms with Gasteiger partial charge in [-0.2, -0.15) is 16.8 Å². The molecule has 3 saturated heterocycles. The zero-order valence-electron chi connectivity index (χ0n) is 13.3. The van der Waals surface area contributed by atoms with Crippen molar-refractivity contribution in [2.24, 2.45) is 0 Å². The van der Waals surface area contributed by atoms with Crippen LogP contribution in [0.1, 0.15) is 0 Å². The summed E-state index contributed by atoms with van der Waals surface area (Å²) < 4.78 is 74.3. The maximum Gasteiger partial charge on any atom is 0.267 e. The number of piperazine rings is 1. The molecule has 0 aromatic carbocycles. The molecule has 3 rings (SSSR count). The van der Waals surface area contributed by atoms with E-state index in [4.69, 9.17) is 18.6 Å². The molecule has 3 fully saturated rings. The zero-order valence-corrected chi connectivity index (χ0v) is 14.9. The molecular formula is C12H24N2O8S2+2. The lowest BCUT2D eigenvalue weighted by atomic mass is 10.2. The summed E-state index contributed by atoms with van der Waals surface area (Å²) in [5.41, 5.74) is 0. The molecule has 3 heterocycles. The Morgan fingerprint density at radius 3 is 1.38 bits per heavy atom. The van der Waals surface area contributed by atoms with Gasteiger partial charge in [0.1, 0.15) is 63.0 Å². The molecule has 2 atom stereocenters. The third-order valence-corrected chi connectivity index (χ3v) is 6.83. The first kappa shape index (κ1) is 18.5. The smallest absolute Gasteiger partial charge is 0.267 e. The summed E-state index contributed by atoms with van der Waals surface area (Å²) in [4.78, 5) is 0. The second kappa shape index (κ2) is 6.13. The van der Waals surface area contributed by atoms with Crippen LogP contribution in [0.2, 0.25) is 0 Å². The van der Waals surface area contributed by atoms with Crippen LogP contribution in [-0.4, -0.2) is 111 Å². The average molecular weight is 388 g/mol. The number of rotatable bonds is 4. The third-order valence-electron chi connectivity index (χ3n) is 5.24. The van der Waals surface area contributed by atoms with Crippen LogP contribution in [-0.2, 0) is 29.7 Å². The van der Waals surface area contributed by atoms with E-state index in [0.29, 0.717) is 35.5 Å². The van der Waals surface area contributed by atoms with E-state index in [1.165, 1.54) is 0 Å². The van der Waals surface area contributed by atoms with E-state index in [-0.39, 0.29) is 11.5 Å². The lowest BCUT2D eigenvalue weighted by molar-refractivity contribution is -1.03. The Morgan fingerprint density at radius 1 is 0.750 bits per heavy atom. The van der Waals surface area contributed by atoms with Gasteiger partial charge in [-0.05, 0) is 0 Å². The summed E-state index contributed by atoms with van der Waals surface area (Å²) in [6.45, 7) is 5.08. The second-order valence-electron chi connectivity index (χ2n) is 7.28. The van der Waals surface area contributed by atoms with Crippen molar-refractivity contribution in [2.45, 2.75) is 12.2 Å². The van der Waals surface area contributed by atoms with Crippen molar-refractivity contribution in [3.8, 4) is 0 Å². The van der Waals surface area contributed by atoms with Gasteiger partial charge in [0.2, 0.25) is 0 Å². The highest BCUT2D eigenvalue weighted by Gasteiger charge is 2.51. The molecule has 10 nitrogen and oxygen atoms in total. The monoisotopic (exact) mass is 388 g/mol. The molecular weight excluding hydrogens is 364 g/mol. The van der Waals surface area contributed by atoms with Gasteiger partial charge in [-0.1, -0.05) is 0 Å². The highest BCUT2D eigenvalue weighted by Crippen LogP contribution is 2.29. The van der Waals surface area contributed by atoms with Gasteiger partial charge in [0.05, 0.1) is 0 Å². The molecule has 24 heavy (non-hydrogen) atoms. The largest absolute Gasteiger partial charge is 0.321 e. The Balaban J connectivity index is 1.55. The number of hydrogen-bond acceptors (Lipinski definition) is 6. The molecule has 0 radical (unpaired) electrons. The van der Waals surface area contributed by atoms with Crippen LogP contribution in [0.5, 0.6) is 0 Å². The average Bonchev–Trinajstić information content (AvgIpc) is 2.96. The summed E-state index contributed by atoms with van der Waals surface area (Å²) in [5.74, 6) is -0.765. The molecule has 2 N–H and O–H groups in total. The third kappa shape index (κ3) is 4.43. The van der Waals surface area contributed by atoms with E-state index in [1.807, 2.05) is 0 Å². The van der Waals surface area contributed by atoms with E-state index in [1.54, 1.807) is 0 Å². The lowest BCUT2D eigenvalue weighted by Crippen LogP contribution is -2.65. The van der Waals surface area contributed by atoms with Crippen LogP contribution in [0.4, 0.5) is 0 Å². The predicted molar refractivity (Wildman–Crippen MR) is 82.0 cm³/mol. The summed E-state index contributed by atoms with van der Waals surface area (Å²) in [6.07, 6.45) is -0.984. The summed E-state index contributed by atoms with van der Waals surface area (Å²) in [6, 6.07) is 0. The molecule has 0 amide bonds. The Labute approximate surface area is 141 Å². The van der Waals surface area contributed by atoms with Crippen molar-refractivity contribution in [1.82, 2.24) is 0 Å². The van der Waals surface area contributed by atoms with Crippen molar-refractivity contribution < 1.29 is 44.4 Å². The Kier molecular flexibility index (Phi) is 4.71. The number of hydrogen-bond donors (Lipinski definition) is 2. The molecule has 0 aromatic rings. The summed E-state index contributed by atoms with van der Waals surface area (Å²) in [5, 5.41) is 0. The highest BCUT2D eigenvalue weighted by atomic mass is 32.2. The van der Waals surface area contributed by atoms with Gasteiger partial charge in [-0.3, -0.25) is 18.1 Å². The molecule has 2 spiro atoms. The fraction of sp³-hybridized carbons (Fsp3) is 1.00. The van der Waals surface area contributed by atoms with E-state index >= 15 is 0 Å². The van der Waals surface area contributed by atoms with Crippen molar-refractivity contribution in [3.63, 3.8) is 0 Å². The first-order valence-corrected chi connectivity index (χ1v) is 11.0. The highest BCUT2D eigenvalue weighted by molar-refractivity contribution is 7.86. The van der Waals surface area contributed by atoms with Crippen molar-refractivity contribution in [2.75, 3.05) is 64.2 Å². The Morgan fingerprint density at radius 2 is 1.08 bits per heavy atom. The molecule has 0 aromatic heterocycles. The fourth-order valence-electron chi connectivity index (χ4n) is 3.97. The predicted octanol–water partition coefficient (Wildman–Crippen LogP) is -1.88. The van der Waals surface area contributed by atoms with E-state index in [0.717, 1.165) is 26.2 Å². The molecule has 0 bridgehead atoms. The van der Waals surface area contributed by atoms with Crippen LogP contribution >= 0.6 is 0 Å². The van der Waals surface area contributed by atoms with Crippen LogP contribution in [0.25, 0.3) is 0 Å². The second-order valence-corrected chi connectivity index (χ2v) is 10.3. The number of nitrogens with zero attached hydrogens (tertiary/aromatic N) is 2. The number of quaternary nitrogens is 2. The topological polar surface area (TPSA) is 127 Å². The summed E-state index contributed by atoms with van der Waals surface area (Å²) in [7, 11) is -8.10. The molecule has 3 aliphatic rings. The van der Waals surface area contributed by atoms with Gasteiger partial charge in [-0.25, -0.2) is 0 Å². The van der Waals surface area contributed by atoms with Gasteiger partial charge in [0, 0.05) is 0 Å². The van der Waals surface area contributed by atoms with Crippen LogP contribution in [0.3, 0.4) is 0 Å². The molecule has 3 aliphatic heterocycles. The summed E-state index contributed by atoms with van der Waals surface area (Å²) >= 11 is 0. The van der Waals surface area contributed by atoms with Crippen LogP contribution in [0, 0.1) is 0 Å². The van der Waals surface area contributed by atoms with Crippen LogP contribution < -0.4 is 0 Å². The molecule has 0 saturated carbocycles. The normalized spacial score (nSPS) is 40.6. The number of ether oxygens (including phenoxy) is 2. The first-order valence-electron chi connectivity index (χ1n) is 7.82. The van der Waals surface area contributed by atoms with E-state index in [9.17, 15) is 16.8 Å². The molecule has 12 heteroatoms. The van der Waals surface area contributed by atoms with Gasteiger partial charge < -0.3 is 9.47 Å². The van der Waals surface area contributed by atoms with Gasteiger partial charge in [0.25, 0.3) is 20.2 Å². The van der Waals surface area contributed by atoms with Gasteiger partial charge in [0.15, 0.2) is 13.5 Å². The standard InChI is InChI=1S/C12H22N2O8S2/c15-23(16,17)7-11-5-13(9-21-11)1-2-14(4-3-13)6-12(22-10-14)8-24(18,19)20/h11-12H,1-10H2/p+2. The minimum absolute atomic E-state index is 0.382. The Bertz CT molecular complexity index is 624. The van der Waals surface area contributed by atoms with Crippen molar-refractivity contribution in [1.29, 1.82) is 0 Å². The van der Waals surface area contributed by atoms with E-state index < -0.39 is 32.4 Å². The van der Waals surface area contributed by atoms with Gasteiger partial charge in [-0.15, -0.1) is 0 Å². The van der Waals surface area contributed by atoms with Crippen LogP contribution in [0.15, 0.2) is 0 Å². The maximum absolute atomic E-state index is 11.0. The quantitative estimate of drug-likeness (QED) is 0.423. The lowest BCUT2D eigenvalue weighted by Gasteiger charge is -2.44. The molecule has 0 aliphatic carbocycles. The fourth-order valence-corrected chi connectivity index (χ4v) is 5.31. The minimum atomic E-state index is -4.05. The Hall–Kier alpha value is -0.340. The zero-order chi connectivity index (χ0) is 17.6.